The van der Waals surface area contributed by atoms with E-state index in [9.17, 15) is 18.0 Å². The molecule has 1 unspecified atom stereocenters. The number of carbonyl (C=O) groups is 2. The van der Waals surface area contributed by atoms with E-state index in [0.29, 0.717) is 0 Å². The maximum Gasteiger partial charge on any atom is 0.335 e. The summed E-state index contributed by atoms with van der Waals surface area (Å²) >= 11 is 5.77. The molecule has 104 valence electrons. The minimum absolute atomic E-state index is 0.0225. The summed E-state index contributed by atoms with van der Waals surface area (Å²) in [6, 6.07) is 3.26. The van der Waals surface area contributed by atoms with Gasteiger partial charge in [-0.15, -0.1) is 0 Å². The Morgan fingerprint density at radius 1 is 1.42 bits per heavy atom. The summed E-state index contributed by atoms with van der Waals surface area (Å²) in [6.45, 7) is 1.49. The molecule has 1 atom stereocenters. The van der Waals surface area contributed by atoms with Crippen LogP contribution >= 0.6 is 11.6 Å². The predicted octanol–water partition coefficient (Wildman–Crippen LogP) is 1.08. The molecule has 3 N–H and O–H groups in total. The molecule has 0 spiro atoms. The number of sulfone groups is 1. The third-order valence-electron chi connectivity index (χ3n) is 2.55. The molecule has 8 heteroatoms. The van der Waals surface area contributed by atoms with E-state index >= 15 is 0 Å². The van der Waals surface area contributed by atoms with E-state index in [1.807, 2.05) is 0 Å². The number of hydrogen-bond acceptors (Lipinski definition) is 4. The number of rotatable bonds is 5. The Morgan fingerprint density at radius 3 is 2.42 bits per heavy atom. The lowest BCUT2D eigenvalue weighted by Crippen LogP contribution is -2.35. The average Bonchev–Trinajstić information content (AvgIpc) is 2.28. The van der Waals surface area contributed by atoms with Crippen LogP contribution in [-0.4, -0.2) is 30.7 Å². The molecule has 0 saturated heterocycles. The van der Waals surface area contributed by atoms with Crippen molar-refractivity contribution in [1.82, 2.24) is 0 Å². The number of hydrogen-bond donors (Lipinski definition) is 2. The fourth-order valence-corrected chi connectivity index (χ4v) is 3.70. The third-order valence-corrected chi connectivity index (χ3v) is 5.25. The second-order valence-corrected chi connectivity index (χ2v) is 6.30. The maximum absolute atomic E-state index is 12.2. The van der Waals surface area contributed by atoms with E-state index in [1.165, 1.54) is 13.0 Å². The van der Waals surface area contributed by atoms with Crippen molar-refractivity contribution in [2.24, 2.45) is 5.73 Å². The highest BCUT2D eigenvalue weighted by molar-refractivity contribution is 7.93. The van der Waals surface area contributed by atoms with Crippen LogP contribution in [0.3, 0.4) is 0 Å². The summed E-state index contributed by atoms with van der Waals surface area (Å²) in [5, 5.41) is 7.26. The van der Waals surface area contributed by atoms with Gasteiger partial charge in [-0.1, -0.05) is 18.5 Å². The first-order chi connectivity index (χ1) is 8.71. The molecule has 19 heavy (non-hydrogen) atoms. The van der Waals surface area contributed by atoms with Crippen LogP contribution in [0.15, 0.2) is 23.1 Å². The standard InChI is InChI=1S/C11H12ClNO5S/c1-2-8(10(13)14)19(17,18)9-5-6(11(15)16)3-4-7(9)12/h3-5,8H,2H2,1H3,(H2,13,14)(H,15,16). The lowest BCUT2D eigenvalue weighted by Gasteiger charge is -2.14. The van der Waals surface area contributed by atoms with E-state index in [1.54, 1.807) is 0 Å². The van der Waals surface area contributed by atoms with Crippen molar-refractivity contribution in [3.05, 3.63) is 28.8 Å². The number of benzene rings is 1. The number of aromatic carboxylic acids is 1. The normalized spacial score (nSPS) is 12.9. The van der Waals surface area contributed by atoms with Gasteiger partial charge < -0.3 is 10.8 Å². The van der Waals surface area contributed by atoms with Gasteiger partial charge in [0, 0.05) is 0 Å². The summed E-state index contributed by atoms with van der Waals surface area (Å²) < 4.78 is 24.4. The average molecular weight is 306 g/mol. The Bertz CT molecular complexity index is 626. The summed E-state index contributed by atoms with van der Waals surface area (Å²) in [5.41, 5.74) is 4.81. The van der Waals surface area contributed by atoms with Crippen LogP contribution < -0.4 is 5.73 Å². The fourth-order valence-electron chi connectivity index (χ4n) is 1.58. The van der Waals surface area contributed by atoms with Crippen molar-refractivity contribution in [2.75, 3.05) is 0 Å². The van der Waals surface area contributed by atoms with Crippen molar-refractivity contribution in [2.45, 2.75) is 23.5 Å². The van der Waals surface area contributed by atoms with Gasteiger partial charge in [-0.3, -0.25) is 4.79 Å². The number of nitrogens with two attached hydrogens (primary N) is 1. The summed E-state index contributed by atoms with van der Waals surface area (Å²) in [7, 11) is -4.11. The molecular weight excluding hydrogens is 294 g/mol. The molecule has 1 rings (SSSR count). The lowest BCUT2D eigenvalue weighted by molar-refractivity contribution is -0.117. The van der Waals surface area contributed by atoms with Crippen molar-refractivity contribution in [1.29, 1.82) is 0 Å². The van der Waals surface area contributed by atoms with Crippen molar-refractivity contribution < 1.29 is 23.1 Å². The number of carbonyl (C=O) groups excluding carboxylic acids is 1. The maximum atomic E-state index is 12.2. The minimum atomic E-state index is -4.11. The molecule has 0 bridgehead atoms. The first-order valence-electron chi connectivity index (χ1n) is 5.27. The van der Waals surface area contributed by atoms with Crippen LogP contribution in [0.2, 0.25) is 5.02 Å². The quantitative estimate of drug-likeness (QED) is 0.844. The summed E-state index contributed by atoms with van der Waals surface area (Å²) in [4.78, 5) is 21.6. The van der Waals surface area contributed by atoms with Crippen LogP contribution in [0.25, 0.3) is 0 Å². The zero-order chi connectivity index (χ0) is 14.8. The summed E-state index contributed by atoms with van der Waals surface area (Å²) in [6.07, 6.45) is -0.0225. The Labute approximate surface area is 115 Å². The van der Waals surface area contributed by atoms with Crippen LogP contribution in [-0.2, 0) is 14.6 Å². The lowest BCUT2D eigenvalue weighted by atomic mass is 10.2. The topological polar surface area (TPSA) is 115 Å². The van der Waals surface area contributed by atoms with E-state index in [4.69, 9.17) is 22.4 Å². The number of primary amides is 1. The molecule has 0 aromatic heterocycles. The van der Waals surface area contributed by atoms with Gasteiger partial charge >= 0.3 is 5.97 Å². The molecule has 6 nitrogen and oxygen atoms in total. The smallest absolute Gasteiger partial charge is 0.335 e. The number of carboxylic acid groups (broad SMARTS) is 1. The Morgan fingerprint density at radius 2 is 2.00 bits per heavy atom. The van der Waals surface area contributed by atoms with E-state index in [-0.39, 0.29) is 17.0 Å². The first kappa shape index (κ1) is 15.5. The third kappa shape index (κ3) is 3.05. The van der Waals surface area contributed by atoms with Gasteiger partial charge in [-0.25, -0.2) is 13.2 Å². The molecule has 0 aliphatic rings. The molecule has 0 heterocycles. The predicted molar refractivity (Wildman–Crippen MR) is 68.9 cm³/mol. The zero-order valence-corrected chi connectivity index (χ0v) is 11.5. The number of carboxylic acids is 1. The highest BCUT2D eigenvalue weighted by Crippen LogP contribution is 2.27. The molecule has 0 aliphatic heterocycles. The Kier molecular flexibility index (Phi) is 4.54. The Balaban J connectivity index is 3.47. The molecule has 0 aliphatic carbocycles. The van der Waals surface area contributed by atoms with Crippen molar-refractivity contribution >= 4 is 33.3 Å². The minimum Gasteiger partial charge on any atom is -0.478 e. The Hall–Kier alpha value is -1.60. The first-order valence-corrected chi connectivity index (χ1v) is 7.20. The molecule has 1 aromatic rings. The largest absolute Gasteiger partial charge is 0.478 e. The van der Waals surface area contributed by atoms with Crippen LogP contribution in [0, 0.1) is 0 Å². The molecule has 0 saturated carbocycles. The molecule has 1 amide bonds. The molecule has 1 aromatic carbocycles. The van der Waals surface area contributed by atoms with Gasteiger partial charge in [0.15, 0.2) is 9.84 Å². The van der Waals surface area contributed by atoms with E-state index in [0.717, 1.165) is 12.1 Å². The van der Waals surface area contributed by atoms with Crippen LogP contribution in [0.4, 0.5) is 0 Å². The van der Waals surface area contributed by atoms with Gasteiger partial charge in [-0.05, 0) is 24.6 Å². The number of amides is 1. The van der Waals surface area contributed by atoms with E-state index in [2.05, 4.69) is 0 Å². The van der Waals surface area contributed by atoms with E-state index < -0.39 is 31.9 Å². The highest BCUT2D eigenvalue weighted by atomic mass is 35.5. The fraction of sp³-hybridized carbons (Fsp3) is 0.273. The van der Waals surface area contributed by atoms with Crippen LogP contribution in [0.5, 0.6) is 0 Å². The van der Waals surface area contributed by atoms with Gasteiger partial charge in [0.05, 0.1) is 15.5 Å². The molecular formula is C11H12ClNO5S. The van der Waals surface area contributed by atoms with Gasteiger partial charge in [0.2, 0.25) is 5.91 Å². The number of halogens is 1. The van der Waals surface area contributed by atoms with Crippen molar-refractivity contribution in [3.8, 4) is 0 Å². The highest BCUT2D eigenvalue weighted by Gasteiger charge is 2.33. The second kappa shape index (κ2) is 5.58. The molecule has 0 radical (unpaired) electrons. The van der Waals surface area contributed by atoms with Crippen LogP contribution in [0.1, 0.15) is 23.7 Å². The molecule has 0 fully saturated rings. The van der Waals surface area contributed by atoms with Gasteiger partial charge in [-0.2, -0.15) is 0 Å². The van der Waals surface area contributed by atoms with Gasteiger partial charge in [0.1, 0.15) is 5.25 Å². The SMILES string of the molecule is CCC(C(N)=O)S(=O)(=O)c1cc(C(=O)O)ccc1Cl. The van der Waals surface area contributed by atoms with Crippen molar-refractivity contribution in [3.63, 3.8) is 0 Å². The van der Waals surface area contributed by atoms with Gasteiger partial charge in [0.25, 0.3) is 0 Å². The summed E-state index contributed by atoms with van der Waals surface area (Å²) in [5.74, 6) is -2.29. The second-order valence-electron chi connectivity index (χ2n) is 3.79. The zero-order valence-electron chi connectivity index (χ0n) is 9.96. The monoisotopic (exact) mass is 305 g/mol.